The first-order valence-electron chi connectivity index (χ1n) is 7.12. The van der Waals surface area contributed by atoms with Gasteiger partial charge in [-0.05, 0) is 32.6 Å². The standard InChI is InChI=1S/C16H23N3S/c1-4-5-11-20-18-15-8-6-7-13-9-10-14(12-19(2)3)17-16(13)15/h6-10,18H,4-5,11-12H2,1-3H3. The van der Waals surface area contributed by atoms with E-state index < -0.39 is 0 Å². The summed E-state index contributed by atoms with van der Waals surface area (Å²) in [5.41, 5.74) is 3.29. The van der Waals surface area contributed by atoms with Gasteiger partial charge in [0, 0.05) is 17.7 Å². The molecule has 1 N–H and O–H groups in total. The molecule has 0 unspecified atom stereocenters. The van der Waals surface area contributed by atoms with E-state index in [1.807, 2.05) is 0 Å². The third kappa shape index (κ3) is 4.12. The number of hydrogen-bond acceptors (Lipinski definition) is 4. The molecular formula is C16H23N3S. The highest BCUT2D eigenvalue weighted by Crippen LogP contribution is 2.24. The number of hydrogen-bond donors (Lipinski definition) is 1. The highest BCUT2D eigenvalue weighted by molar-refractivity contribution is 8.00. The number of pyridine rings is 1. The van der Waals surface area contributed by atoms with Gasteiger partial charge in [-0.15, -0.1) is 0 Å². The summed E-state index contributed by atoms with van der Waals surface area (Å²) >= 11 is 1.77. The third-order valence-electron chi connectivity index (χ3n) is 3.04. The largest absolute Gasteiger partial charge is 0.328 e. The first-order valence-corrected chi connectivity index (χ1v) is 8.10. The zero-order chi connectivity index (χ0) is 14.4. The van der Waals surface area contributed by atoms with Gasteiger partial charge in [0.25, 0.3) is 0 Å². The molecule has 0 aliphatic heterocycles. The van der Waals surface area contributed by atoms with E-state index in [1.165, 1.54) is 18.2 Å². The fourth-order valence-electron chi connectivity index (χ4n) is 2.03. The van der Waals surface area contributed by atoms with Crippen molar-refractivity contribution in [3.63, 3.8) is 0 Å². The Hall–Kier alpha value is -1.26. The summed E-state index contributed by atoms with van der Waals surface area (Å²) in [5, 5.41) is 1.19. The summed E-state index contributed by atoms with van der Waals surface area (Å²) in [5.74, 6) is 1.13. The Morgan fingerprint density at radius 2 is 2.05 bits per heavy atom. The Morgan fingerprint density at radius 1 is 1.20 bits per heavy atom. The van der Waals surface area contributed by atoms with Crippen LogP contribution in [0.5, 0.6) is 0 Å². The lowest BCUT2D eigenvalue weighted by Crippen LogP contribution is -2.11. The third-order valence-corrected chi connectivity index (χ3v) is 3.90. The monoisotopic (exact) mass is 289 g/mol. The number of para-hydroxylation sites is 1. The van der Waals surface area contributed by atoms with Crippen LogP contribution >= 0.6 is 11.9 Å². The van der Waals surface area contributed by atoms with E-state index in [0.29, 0.717) is 0 Å². The fourth-order valence-corrected chi connectivity index (χ4v) is 2.88. The lowest BCUT2D eigenvalue weighted by atomic mass is 10.2. The Balaban J connectivity index is 2.19. The van der Waals surface area contributed by atoms with Crippen molar-refractivity contribution >= 4 is 28.5 Å². The summed E-state index contributed by atoms with van der Waals surface area (Å²) < 4.78 is 3.44. The molecule has 1 aromatic heterocycles. The van der Waals surface area contributed by atoms with Gasteiger partial charge in [-0.2, -0.15) is 0 Å². The highest BCUT2D eigenvalue weighted by atomic mass is 32.2. The van der Waals surface area contributed by atoms with Gasteiger partial charge in [-0.3, -0.25) is 0 Å². The number of rotatable bonds is 7. The molecule has 0 spiro atoms. The van der Waals surface area contributed by atoms with Crippen molar-refractivity contribution in [2.45, 2.75) is 26.3 Å². The lowest BCUT2D eigenvalue weighted by Gasteiger charge is -2.12. The van der Waals surface area contributed by atoms with Crippen LogP contribution in [0, 0.1) is 0 Å². The second-order valence-electron chi connectivity index (χ2n) is 5.22. The molecule has 0 radical (unpaired) electrons. The van der Waals surface area contributed by atoms with E-state index in [9.17, 15) is 0 Å². The van der Waals surface area contributed by atoms with E-state index >= 15 is 0 Å². The molecule has 0 atom stereocenters. The van der Waals surface area contributed by atoms with Crippen LogP contribution in [0.4, 0.5) is 5.69 Å². The van der Waals surface area contributed by atoms with Gasteiger partial charge in [0.2, 0.25) is 0 Å². The minimum atomic E-state index is 0.868. The van der Waals surface area contributed by atoms with Crippen molar-refractivity contribution in [2.24, 2.45) is 0 Å². The van der Waals surface area contributed by atoms with E-state index in [-0.39, 0.29) is 0 Å². The maximum absolute atomic E-state index is 4.80. The predicted octanol–water partition coefficient (Wildman–Crippen LogP) is 4.16. The molecule has 0 amide bonds. The van der Waals surface area contributed by atoms with Crippen LogP contribution in [-0.2, 0) is 6.54 Å². The number of nitrogens with zero attached hydrogens (tertiary/aromatic N) is 2. The molecule has 1 aromatic carbocycles. The maximum atomic E-state index is 4.80. The second kappa shape index (κ2) is 7.50. The highest BCUT2D eigenvalue weighted by Gasteiger charge is 2.04. The molecule has 0 aliphatic rings. The van der Waals surface area contributed by atoms with Gasteiger partial charge in [0.1, 0.15) is 0 Å². The van der Waals surface area contributed by atoms with Crippen LogP contribution in [0.25, 0.3) is 10.9 Å². The Morgan fingerprint density at radius 3 is 2.80 bits per heavy atom. The molecule has 0 saturated carbocycles. The van der Waals surface area contributed by atoms with Crippen molar-refractivity contribution in [3.8, 4) is 0 Å². The molecule has 1 heterocycles. The molecule has 20 heavy (non-hydrogen) atoms. The summed E-state index contributed by atoms with van der Waals surface area (Å²) in [4.78, 5) is 6.94. The minimum Gasteiger partial charge on any atom is -0.328 e. The van der Waals surface area contributed by atoms with Gasteiger partial charge in [0.05, 0.1) is 16.9 Å². The summed E-state index contributed by atoms with van der Waals surface area (Å²) in [6.45, 7) is 3.08. The minimum absolute atomic E-state index is 0.868. The number of fused-ring (bicyclic) bond motifs is 1. The molecule has 108 valence electrons. The number of benzene rings is 1. The average molecular weight is 289 g/mol. The van der Waals surface area contributed by atoms with Gasteiger partial charge in [-0.25, -0.2) is 4.98 Å². The number of unbranched alkanes of at least 4 members (excludes halogenated alkanes) is 1. The van der Waals surface area contributed by atoms with Crippen molar-refractivity contribution in [3.05, 3.63) is 36.0 Å². The SMILES string of the molecule is CCCCSNc1cccc2ccc(CN(C)C)nc12. The van der Waals surface area contributed by atoms with Crippen molar-refractivity contribution in [2.75, 3.05) is 24.6 Å². The van der Waals surface area contributed by atoms with Crippen LogP contribution in [0.3, 0.4) is 0 Å². The molecule has 0 bridgehead atoms. The van der Waals surface area contributed by atoms with Crippen LogP contribution in [-0.4, -0.2) is 29.7 Å². The van der Waals surface area contributed by atoms with Crippen molar-refractivity contribution in [1.29, 1.82) is 0 Å². The number of nitrogens with one attached hydrogen (secondary N) is 1. The van der Waals surface area contributed by atoms with E-state index in [0.717, 1.165) is 29.2 Å². The van der Waals surface area contributed by atoms with Gasteiger partial charge >= 0.3 is 0 Å². The van der Waals surface area contributed by atoms with Crippen molar-refractivity contribution in [1.82, 2.24) is 9.88 Å². The number of anilines is 1. The Labute approximate surface area is 125 Å². The van der Waals surface area contributed by atoms with Crippen LogP contribution < -0.4 is 4.72 Å². The van der Waals surface area contributed by atoms with E-state index in [2.05, 4.69) is 61.0 Å². The zero-order valence-corrected chi connectivity index (χ0v) is 13.3. The zero-order valence-electron chi connectivity index (χ0n) is 12.5. The number of aromatic nitrogens is 1. The van der Waals surface area contributed by atoms with Crippen LogP contribution in [0.15, 0.2) is 30.3 Å². The first kappa shape index (κ1) is 15.1. The van der Waals surface area contributed by atoms with Gasteiger partial charge in [0.15, 0.2) is 0 Å². The van der Waals surface area contributed by atoms with Gasteiger partial charge in [-0.1, -0.05) is 43.5 Å². The molecule has 0 saturated heterocycles. The summed E-state index contributed by atoms with van der Waals surface area (Å²) in [6.07, 6.45) is 2.47. The molecule has 4 heteroatoms. The molecule has 0 aliphatic carbocycles. The van der Waals surface area contributed by atoms with Gasteiger partial charge < -0.3 is 9.62 Å². The smallest absolute Gasteiger partial charge is 0.0945 e. The second-order valence-corrected chi connectivity index (χ2v) is 6.12. The fraction of sp³-hybridized carbons (Fsp3) is 0.438. The first-order chi connectivity index (χ1) is 9.70. The Kier molecular flexibility index (Phi) is 5.68. The normalized spacial score (nSPS) is 11.2. The van der Waals surface area contributed by atoms with Crippen LogP contribution in [0.2, 0.25) is 0 Å². The van der Waals surface area contributed by atoms with E-state index in [1.54, 1.807) is 11.9 Å². The molecule has 3 nitrogen and oxygen atoms in total. The average Bonchev–Trinajstić information content (AvgIpc) is 2.43. The molecule has 0 fully saturated rings. The summed E-state index contributed by atoms with van der Waals surface area (Å²) in [6, 6.07) is 10.6. The quantitative estimate of drug-likeness (QED) is 0.612. The van der Waals surface area contributed by atoms with Crippen molar-refractivity contribution < 1.29 is 0 Å². The van der Waals surface area contributed by atoms with E-state index in [4.69, 9.17) is 4.98 Å². The molecule has 2 aromatic rings. The Bertz CT molecular complexity index is 554. The topological polar surface area (TPSA) is 28.2 Å². The molecular weight excluding hydrogens is 266 g/mol. The summed E-state index contributed by atoms with van der Waals surface area (Å²) in [7, 11) is 4.13. The lowest BCUT2D eigenvalue weighted by molar-refractivity contribution is 0.397. The maximum Gasteiger partial charge on any atom is 0.0945 e. The van der Waals surface area contributed by atoms with Crippen LogP contribution in [0.1, 0.15) is 25.5 Å². The predicted molar refractivity (Wildman–Crippen MR) is 90.1 cm³/mol. The molecule has 2 rings (SSSR count).